The molecule has 1 atom stereocenters. The first kappa shape index (κ1) is 16.2. The number of hydrogen-bond acceptors (Lipinski definition) is 3. The Kier molecular flexibility index (Phi) is 6.34. The minimum Gasteiger partial charge on any atom is -0.316 e. The van der Waals surface area contributed by atoms with Crippen LogP contribution in [0.15, 0.2) is 0 Å². The maximum atomic E-state index is 11.9. The van der Waals surface area contributed by atoms with Crippen LogP contribution in [-0.4, -0.2) is 45.9 Å². The summed E-state index contributed by atoms with van der Waals surface area (Å²) in [5.41, 5.74) is 0. The van der Waals surface area contributed by atoms with Crippen LogP contribution in [0.25, 0.3) is 0 Å². The number of nitrogens with one attached hydrogen (secondary N) is 2. The average Bonchev–Trinajstić information content (AvgIpc) is 3.12. The maximum Gasteiger partial charge on any atom is 0.279 e. The second-order valence-corrected chi connectivity index (χ2v) is 7.15. The van der Waals surface area contributed by atoms with Crippen molar-refractivity contribution in [2.24, 2.45) is 11.8 Å². The van der Waals surface area contributed by atoms with E-state index < -0.39 is 10.2 Å². The van der Waals surface area contributed by atoms with Crippen molar-refractivity contribution in [1.29, 1.82) is 0 Å². The number of nitrogens with zero attached hydrogens (tertiary/aromatic N) is 1. The zero-order chi connectivity index (χ0) is 12.3. The van der Waals surface area contributed by atoms with Gasteiger partial charge in [0.1, 0.15) is 0 Å². The fourth-order valence-electron chi connectivity index (χ4n) is 2.19. The summed E-state index contributed by atoms with van der Waals surface area (Å²) < 4.78 is 28.0. The summed E-state index contributed by atoms with van der Waals surface area (Å²) in [5, 5.41) is 3.29. The Hall–Kier alpha value is 0.120. The smallest absolute Gasteiger partial charge is 0.279 e. The van der Waals surface area contributed by atoms with Crippen LogP contribution in [0.2, 0.25) is 0 Å². The van der Waals surface area contributed by atoms with E-state index in [1.165, 1.54) is 17.1 Å². The molecule has 2 rings (SSSR count). The van der Waals surface area contributed by atoms with Crippen LogP contribution in [0.3, 0.4) is 0 Å². The molecule has 7 heteroatoms. The van der Waals surface area contributed by atoms with E-state index in [9.17, 15) is 8.42 Å². The summed E-state index contributed by atoms with van der Waals surface area (Å²) in [6.45, 7) is 3.21. The van der Waals surface area contributed by atoms with E-state index in [1.54, 1.807) is 7.05 Å². The molecule has 2 fully saturated rings. The lowest BCUT2D eigenvalue weighted by molar-refractivity contribution is 0.368. The van der Waals surface area contributed by atoms with Crippen LogP contribution in [0.4, 0.5) is 0 Å². The first-order valence-electron chi connectivity index (χ1n) is 6.49. The fourth-order valence-corrected chi connectivity index (χ4v) is 3.27. The lowest BCUT2D eigenvalue weighted by Crippen LogP contribution is -2.43. The summed E-state index contributed by atoms with van der Waals surface area (Å²) in [6, 6.07) is 0. The van der Waals surface area contributed by atoms with Crippen molar-refractivity contribution in [3.05, 3.63) is 0 Å². The van der Waals surface area contributed by atoms with Crippen molar-refractivity contribution >= 4 is 22.6 Å². The van der Waals surface area contributed by atoms with E-state index in [2.05, 4.69) is 10.0 Å². The third kappa shape index (κ3) is 5.01. The summed E-state index contributed by atoms with van der Waals surface area (Å²) >= 11 is 0. The molecule has 0 bridgehead atoms. The minimum absolute atomic E-state index is 0. The molecule has 0 aromatic rings. The highest BCUT2D eigenvalue weighted by Crippen LogP contribution is 2.29. The highest BCUT2D eigenvalue weighted by atomic mass is 35.5. The van der Waals surface area contributed by atoms with Gasteiger partial charge in [0.2, 0.25) is 0 Å². The third-order valence-corrected chi connectivity index (χ3v) is 5.08. The molecule has 18 heavy (non-hydrogen) atoms. The lowest BCUT2D eigenvalue weighted by Gasteiger charge is -2.24. The molecule has 2 N–H and O–H groups in total. The Morgan fingerprint density at radius 3 is 2.56 bits per heavy atom. The summed E-state index contributed by atoms with van der Waals surface area (Å²) in [5.74, 6) is 1.03. The maximum absolute atomic E-state index is 11.9. The van der Waals surface area contributed by atoms with Gasteiger partial charge < -0.3 is 5.32 Å². The third-order valence-electron chi connectivity index (χ3n) is 3.58. The number of hydrogen-bond donors (Lipinski definition) is 2. The number of halogens is 1. The van der Waals surface area contributed by atoms with Crippen molar-refractivity contribution in [3.63, 3.8) is 0 Å². The Bertz CT molecular complexity index is 340. The molecule has 1 aliphatic heterocycles. The van der Waals surface area contributed by atoms with Gasteiger partial charge in [-0.25, -0.2) is 4.72 Å². The molecule has 1 unspecified atom stereocenters. The summed E-state index contributed by atoms with van der Waals surface area (Å²) in [7, 11) is -1.59. The minimum atomic E-state index is -3.26. The molecule has 0 amide bonds. The van der Waals surface area contributed by atoms with Gasteiger partial charge in [0.15, 0.2) is 0 Å². The van der Waals surface area contributed by atoms with Crippen LogP contribution in [-0.2, 0) is 10.2 Å². The van der Waals surface area contributed by atoms with E-state index in [0.717, 1.165) is 25.9 Å². The topological polar surface area (TPSA) is 61.4 Å². The Balaban J connectivity index is 0.00000162. The predicted octanol–water partition coefficient (Wildman–Crippen LogP) is 0.584. The van der Waals surface area contributed by atoms with Crippen molar-refractivity contribution < 1.29 is 8.42 Å². The van der Waals surface area contributed by atoms with E-state index in [1.807, 2.05) is 0 Å². The highest BCUT2D eigenvalue weighted by molar-refractivity contribution is 7.87. The van der Waals surface area contributed by atoms with Crippen LogP contribution in [0.1, 0.15) is 25.7 Å². The highest BCUT2D eigenvalue weighted by Gasteiger charge is 2.28. The van der Waals surface area contributed by atoms with E-state index in [0.29, 0.717) is 24.9 Å². The van der Waals surface area contributed by atoms with Gasteiger partial charge in [-0.05, 0) is 50.6 Å². The predicted molar refractivity (Wildman–Crippen MR) is 75.1 cm³/mol. The van der Waals surface area contributed by atoms with Gasteiger partial charge in [0, 0.05) is 20.1 Å². The summed E-state index contributed by atoms with van der Waals surface area (Å²) in [6.07, 6.45) is 4.60. The van der Waals surface area contributed by atoms with Crippen LogP contribution >= 0.6 is 12.4 Å². The molecule has 1 heterocycles. The number of piperidine rings is 1. The summed E-state index contributed by atoms with van der Waals surface area (Å²) in [4.78, 5) is 0. The molecular formula is C11H24ClN3O2S. The van der Waals surface area contributed by atoms with Gasteiger partial charge in [0.05, 0.1) is 0 Å². The normalized spacial score (nSPS) is 24.9. The molecule has 0 aromatic heterocycles. The molecule has 0 aromatic carbocycles. The molecule has 5 nitrogen and oxygen atoms in total. The Labute approximate surface area is 116 Å². The quantitative estimate of drug-likeness (QED) is 0.754. The lowest BCUT2D eigenvalue weighted by atomic mass is 10.0. The van der Waals surface area contributed by atoms with E-state index >= 15 is 0 Å². The van der Waals surface area contributed by atoms with E-state index in [4.69, 9.17) is 0 Å². The van der Waals surface area contributed by atoms with Gasteiger partial charge >= 0.3 is 0 Å². The molecule has 2 aliphatic rings. The second-order valence-electron chi connectivity index (χ2n) is 5.29. The second kappa shape index (κ2) is 7.05. The first-order valence-corrected chi connectivity index (χ1v) is 7.93. The molecule has 1 aliphatic carbocycles. The van der Waals surface area contributed by atoms with Crippen LogP contribution < -0.4 is 10.0 Å². The zero-order valence-electron chi connectivity index (χ0n) is 10.9. The SMILES string of the molecule is CN(CC1CC1)S(=O)(=O)NCC1CCCNC1.Cl. The average molecular weight is 298 g/mol. The van der Waals surface area contributed by atoms with Gasteiger partial charge in [-0.1, -0.05) is 0 Å². The largest absolute Gasteiger partial charge is 0.316 e. The Morgan fingerprint density at radius 1 is 1.28 bits per heavy atom. The van der Waals surface area contributed by atoms with Crippen molar-refractivity contribution in [2.45, 2.75) is 25.7 Å². The van der Waals surface area contributed by atoms with Gasteiger partial charge in [0.25, 0.3) is 10.2 Å². The molecular weight excluding hydrogens is 274 g/mol. The molecule has 1 saturated carbocycles. The van der Waals surface area contributed by atoms with Crippen LogP contribution in [0.5, 0.6) is 0 Å². The van der Waals surface area contributed by atoms with Crippen LogP contribution in [0, 0.1) is 11.8 Å². The van der Waals surface area contributed by atoms with Crippen molar-refractivity contribution in [2.75, 3.05) is 33.2 Å². The van der Waals surface area contributed by atoms with Gasteiger partial charge in [-0.2, -0.15) is 12.7 Å². The molecule has 0 spiro atoms. The van der Waals surface area contributed by atoms with Crippen molar-refractivity contribution in [3.8, 4) is 0 Å². The van der Waals surface area contributed by atoms with Gasteiger partial charge in [-0.15, -0.1) is 12.4 Å². The van der Waals surface area contributed by atoms with E-state index in [-0.39, 0.29) is 12.4 Å². The molecule has 1 saturated heterocycles. The zero-order valence-corrected chi connectivity index (χ0v) is 12.5. The number of rotatable bonds is 6. The first-order chi connectivity index (χ1) is 8.08. The standard InChI is InChI=1S/C11H23N3O2S.ClH/c1-14(9-10-4-5-10)17(15,16)13-8-11-3-2-6-12-7-11;/h10-13H,2-9H2,1H3;1H. The van der Waals surface area contributed by atoms with Gasteiger partial charge in [-0.3, -0.25) is 0 Å². The Morgan fingerprint density at radius 2 is 2.00 bits per heavy atom. The monoisotopic (exact) mass is 297 g/mol. The molecule has 108 valence electrons. The molecule has 0 radical (unpaired) electrons. The van der Waals surface area contributed by atoms with Crippen molar-refractivity contribution in [1.82, 2.24) is 14.3 Å². The fraction of sp³-hybridized carbons (Fsp3) is 1.00.